The van der Waals surface area contributed by atoms with Crippen molar-refractivity contribution in [1.29, 1.82) is 0 Å². The summed E-state index contributed by atoms with van der Waals surface area (Å²) in [6.45, 7) is 3.77. The van der Waals surface area contributed by atoms with Crippen LogP contribution in [0.2, 0.25) is 0 Å². The molecule has 0 unspecified atom stereocenters. The van der Waals surface area contributed by atoms with E-state index in [2.05, 4.69) is 0 Å². The number of benzene rings is 2. The maximum absolute atomic E-state index is 11.7. The van der Waals surface area contributed by atoms with Crippen molar-refractivity contribution in [3.05, 3.63) is 48.0 Å². The minimum absolute atomic E-state index is 0.325. The van der Waals surface area contributed by atoms with Gasteiger partial charge in [-0.25, -0.2) is 0 Å². The van der Waals surface area contributed by atoms with E-state index >= 15 is 0 Å². The highest BCUT2D eigenvalue weighted by Crippen LogP contribution is 2.29. The standard InChI is InChI=1S/C16H18O3/c1-3-19-16(18)11(2)15(17)14-10-6-8-12-7-4-5-9-13(12)14/h4-11,15,17H,3H2,1-2H3/t11-,15+/m0/s1. The van der Waals surface area contributed by atoms with Crippen molar-refractivity contribution in [2.45, 2.75) is 20.0 Å². The molecule has 3 heteroatoms. The van der Waals surface area contributed by atoms with Crippen molar-refractivity contribution in [2.75, 3.05) is 6.61 Å². The van der Waals surface area contributed by atoms with E-state index in [-0.39, 0.29) is 5.97 Å². The topological polar surface area (TPSA) is 46.5 Å². The number of hydrogen-bond donors (Lipinski definition) is 1. The van der Waals surface area contributed by atoms with E-state index in [9.17, 15) is 9.90 Å². The Morgan fingerprint density at radius 2 is 1.89 bits per heavy atom. The van der Waals surface area contributed by atoms with Crippen molar-refractivity contribution in [1.82, 2.24) is 0 Å². The van der Waals surface area contributed by atoms with Gasteiger partial charge in [-0.1, -0.05) is 42.5 Å². The number of carbonyl (C=O) groups excluding carboxylic acids is 1. The van der Waals surface area contributed by atoms with Gasteiger partial charge in [-0.3, -0.25) is 4.79 Å². The zero-order valence-electron chi connectivity index (χ0n) is 11.2. The normalized spacial score (nSPS) is 14.1. The van der Waals surface area contributed by atoms with Crippen LogP contribution in [0.5, 0.6) is 0 Å². The predicted octanol–water partition coefficient (Wildman–Crippen LogP) is 3.07. The van der Waals surface area contributed by atoms with Crippen LogP contribution in [0.3, 0.4) is 0 Å². The predicted molar refractivity (Wildman–Crippen MR) is 74.7 cm³/mol. The van der Waals surface area contributed by atoms with Crippen LogP contribution in [0, 0.1) is 5.92 Å². The summed E-state index contributed by atoms with van der Waals surface area (Å²) >= 11 is 0. The Bertz CT molecular complexity index is 572. The zero-order chi connectivity index (χ0) is 13.8. The van der Waals surface area contributed by atoms with Gasteiger partial charge in [0, 0.05) is 0 Å². The van der Waals surface area contributed by atoms with Gasteiger partial charge in [0.05, 0.1) is 18.6 Å². The molecule has 0 saturated carbocycles. The van der Waals surface area contributed by atoms with Crippen LogP contribution in [0.4, 0.5) is 0 Å². The SMILES string of the molecule is CCOC(=O)[C@@H](C)[C@@H](O)c1cccc2ccccc12. The number of aliphatic hydroxyl groups is 1. The Morgan fingerprint density at radius 3 is 2.63 bits per heavy atom. The number of carbonyl (C=O) groups is 1. The second kappa shape index (κ2) is 5.85. The van der Waals surface area contributed by atoms with E-state index in [1.165, 1.54) is 0 Å². The molecule has 0 spiro atoms. The van der Waals surface area contributed by atoms with E-state index in [0.29, 0.717) is 6.61 Å². The molecule has 2 aromatic carbocycles. The number of ether oxygens (including phenoxy) is 1. The summed E-state index contributed by atoms with van der Waals surface area (Å²) in [7, 11) is 0. The number of esters is 1. The Morgan fingerprint density at radius 1 is 1.21 bits per heavy atom. The summed E-state index contributed by atoms with van der Waals surface area (Å²) in [6.07, 6.45) is -0.856. The third-order valence-corrected chi connectivity index (χ3v) is 3.27. The van der Waals surface area contributed by atoms with Gasteiger partial charge >= 0.3 is 5.97 Å². The minimum Gasteiger partial charge on any atom is -0.466 e. The van der Waals surface area contributed by atoms with Crippen molar-refractivity contribution >= 4 is 16.7 Å². The fraction of sp³-hybridized carbons (Fsp3) is 0.312. The first-order valence-corrected chi connectivity index (χ1v) is 6.47. The van der Waals surface area contributed by atoms with E-state index in [1.54, 1.807) is 13.8 Å². The largest absolute Gasteiger partial charge is 0.466 e. The highest BCUT2D eigenvalue weighted by Gasteiger charge is 2.25. The highest BCUT2D eigenvalue weighted by atomic mass is 16.5. The monoisotopic (exact) mass is 258 g/mol. The number of aliphatic hydroxyl groups excluding tert-OH is 1. The molecule has 0 aliphatic heterocycles. The van der Waals surface area contributed by atoms with Crippen LogP contribution in [0.25, 0.3) is 10.8 Å². The smallest absolute Gasteiger partial charge is 0.311 e. The second-order valence-electron chi connectivity index (χ2n) is 4.55. The molecule has 1 N–H and O–H groups in total. The van der Waals surface area contributed by atoms with Crippen LogP contribution < -0.4 is 0 Å². The summed E-state index contributed by atoms with van der Waals surface area (Å²) in [5, 5.41) is 12.4. The average molecular weight is 258 g/mol. The second-order valence-corrected chi connectivity index (χ2v) is 4.55. The minimum atomic E-state index is -0.856. The molecule has 3 nitrogen and oxygen atoms in total. The summed E-state index contributed by atoms with van der Waals surface area (Å²) in [5.74, 6) is -0.950. The summed E-state index contributed by atoms with van der Waals surface area (Å²) in [4.78, 5) is 11.7. The molecule has 0 aliphatic rings. The molecule has 19 heavy (non-hydrogen) atoms. The fourth-order valence-corrected chi connectivity index (χ4v) is 2.18. The molecule has 2 atom stereocenters. The fourth-order valence-electron chi connectivity index (χ4n) is 2.18. The van der Waals surface area contributed by atoms with Gasteiger partial charge < -0.3 is 9.84 Å². The molecular weight excluding hydrogens is 240 g/mol. The van der Waals surface area contributed by atoms with Crippen LogP contribution in [-0.4, -0.2) is 17.7 Å². The Kier molecular flexibility index (Phi) is 4.17. The molecule has 0 radical (unpaired) electrons. The van der Waals surface area contributed by atoms with E-state index < -0.39 is 12.0 Å². The molecule has 0 heterocycles. The van der Waals surface area contributed by atoms with Crippen molar-refractivity contribution in [2.24, 2.45) is 5.92 Å². The van der Waals surface area contributed by atoms with Crippen LogP contribution in [0.1, 0.15) is 25.5 Å². The molecule has 0 aliphatic carbocycles. The van der Waals surface area contributed by atoms with Crippen LogP contribution in [0.15, 0.2) is 42.5 Å². The van der Waals surface area contributed by atoms with E-state index in [4.69, 9.17) is 4.74 Å². The summed E-state index contributed by atoms with van der Waals surface area (Å²) in [5.41, 5.74) is 0.763. The maximum Gasteiger partial charge on any atom is 0.311 e. The zero-order valence-corrected chi connectivity index (χ0v) is 11.2. The molecule has 0 fully saturated rings. The summed E-state index contributed by atoms with van der Waals surface area (Å²) in [6, 6.07) is 13.5. The van der Waals surface area contributed by atoms with Gasteiger partial charge in [0.15, 0.2) is 0 Å². The Balaban J connectivity index is 2.36. The molecule has 0 amide bonds. The molecule has 2 rings (SSSR count). The quantitative estimate of drug-likeness (QED) is 0.857. The van der Waals surface area contributed by atoms with Crippen LogP contribution >= 0.6 is 0 Å². The van der Waals surface area contributed by atoms with E-state index in [0.717, 1.165) is 16.3 Å². The van der Waals surface area contributed by atoms with Gasteiger partial charge in [0.2, 0.25) is 0 Å². The first-order valence-electron chi connectivity index (χ1n) is 6.47. The van der Waals surface area contributed by atoms with Crippen molar-refractivity contribution in [3.8, 4) is 0 Å². The lowest BCUT2D eigenvalue weighted by Crippen LogP contribution is -2.21. The lowest BCUT2D eigenvalue weighted by molar-refractivity contribution is -0.151. The molecule has 0 bridgehead atoms. The maximum atomic E-state index is 11.7. The number of hydrogen-bond acceptors (Lipinski definition) is 3. The molecule has 2 aromatic rings. The third kappa shape index (κ3) is 2.76. The molecular formula is C16H18O3. The molecule has 100 valence electrons. The Hall–Kier alpha value is -1.87. The van der Waals surface area contributed by atoms with Crippen molar-refractivity contribution < 1.29 is 14.6 Å². The van der Waals surface area contributed by atoms with Gasteiger partial charge in [-0.05, 0) is 30.2 Å². The van der Waals surface area contributed by atoms with Gasteiger partial charge in [0.25, 0.3) is 0 Å². The van der Waals surface area contributed by atoms with E-state index in [1.807, 2.05) is 42.5 Å². The van der Waals surface area contributed by atoms with Crippen molar-refractivity contribution in [3.63, 3.8) is 0 Å². The van der Waals surface area contributed by atoms with Gasteiger partial charge in [0.1, 0.15) is 0 Å². The highest BCUT2D eigenvalue weighted by molar-refractivity contribution is 5.86. The van der Waals surface area contributed by atoms with Gasteiger partial charge in [-0.15, -0.1) is 0 Å². The molecule has 0 aromatic heterocycles. The van der Waals surface area contributed by atoms with Crippen LogP contribution in [-0.2, 0) is 9.53 Å². The third-order valence-electron chi connectivity index (χ3n) is 3.27. The number of rotatable bonds is 4. The molecule has 0 saturated heterocycles. The average Bonchev–Trinajstić information content (AvgIpc) is 2.45. The lowest BCUT2D eigenvalue weighted by Gasteiger charge is -2.19. The lowest BCUT2D eigenvalue weighted by atomic mass is 9.93. The number of fused-ring (bicyclic) bond motifs is 1. The first-order chi connectivity index (χ1) is 9.15. The summed E-state index contributed by atoms with van der Waals surface area (Å²) < 4.78 is 4.96. The Labute approximate surface area is 112 Å². The first kappa shape index (κ1) is 13.6. The van der Waals surface area contributed by atoms with Gasteiger partial charge in [-0.2, -0.15) is 0 Å².